The molecule has 2 heteroatoms. The second-order valence-electron chi connectivity index (χ2n) is 2.67. The van der Waals surface area contributed by atoms with Crippen molar-refractivity contribution in [1.82, 2.24) is 4.90 Å². The maximum absolute atomic E-state index is 2.20. The molecule has 0 amide bonds. The van der Waals surface area contributed by atoms with Gasteiger partial charge in [-0.2, -0.15) is 0 Å². The Labute approximate surface area is 78.4 Å². The van der Waals surface area contributed by atoms with Crippen LogP contribution in [0, 0.1) is 0 Å². The Hall–Kier alpha value is 0.310. The standard InChI is InChI=1S/C5H5.C3H9N.Hf/c1-2-4-5-3-1;1-4(2)3;/h1-3H,4H2;1-3H3;. The van der Waals surface area contributed by atoms with Crippen LogP contribution in [-0.4, -0.2) is 26.0 Å². The molecule has 55 valence electrons. The molecule has 1 nitrogen and oxygen atoms in total. The van der Waals surface area contributed by atoms with Crippen LogP contribution in [0.25, 0.3) is 0 Å². The molecule has 0 bridgehead atoms. The fourth-order valence-electron chi connectivity index (χ4n) is 0.447. The van der Waals surface area contributed by atoms with Gasteiger partial charge in [-0.05, 0) is 21.1 Å². The van der Waals surface area contributed by atoms with Crippen molar-refractivity contribution in [2.45, 2.75) is 6.42 Å². The second kappa shape index (κ2) is 6.05. The van der Waals surface area contributed by atoms with Crippen LogP contribution in [0.1, 0.15) is 6.42 Å². The van der Waals surface area contributed by atoms with Gasteiger partial charge in [0.1, 0.15) is 0 Å². The van der Waals surface area contributed by atoms with Crippen LogP contribution >= 0.6 is 0 Å². The van der Waals surface area contributed by atoms with Gasteiger partial charge in [0, 0.05) is 0 Å². The molecule has 0 aliphatic heterocycles. The fourth-order valence-corrected chi connectivity index (χ4v) is 1.22. The van der Waals surface area contributed by atoms with Gasteiger partial charge in [0.2, 0.25) is 0 Å². The van der Waals surface area contributed by atoms with Crippen LogP contribution < -0.4 is 0 Å². The number of hydrogen-bond donors (Lipinski definition) is 0. The number of nitrogens with zero attached hydrogens (tertiary/aromatic N) is 1. The quantitative estimate of drug-likeness (QED) is 0.614. The molecule has 0 saturated heterocycles. The Kier molecular flexibility index (Phi) is 6.24. The normalized spacial score (nSPS) is 14.5. The monoisotopic (exact) mass is 304 g/mol. The summed E-state index contributed by atoms with van der Waals surface area (Å²) >= 11 is 1.25. The van der Waals surface area contributed by atoms with E-state index in [9.17, 15) is 0 Å². The summed E-state index contributed by atoms with van der Waals surface area (Å²) in [5, 5.41) is 0. The van der Waals surface area contributed by atoms with Gasteiger partial charge in [-0.1, -0.05) is 0 Å². The average molecular weight is 303 g/mol. The number of hydrogen-bond acceptors (Lipinski definition) is 1. The molecule has 0 heterocycles. The van der Waals surface area contributed by atoms with Gasteiger partial charge < -0.3 is 4.90 Å². The van der Waals surface area contributed by atoms with E-state index in [4.69, 9.17) is 0 Å². The summed E-state index contributed by atoms with van der Waals surface area (Å²) in [6.07, 6.45) is 7.75. The first kappa shape index (κ1) is 10.3. The SMILES string of the molecule is CN(C)C.[Hf][C]1=CC=CC1. The Morgan fingerprint density at radius 2 is 1.90 bits per heavy atom. The van der Waals surface area contributed by atoms with Gasteiger partial charge >= 0.3 is 52.4 Å². The third kappa shape index (κ3) is 8.31. The molecule has 0 aromatic carbocycles. The van der Waals surface area contributed by atoms with Crippen molar-refractivity contribution in [3.63, 3.8) is 0 Å². The molecule has 0 unspecified atom stereocenters. The Morgan fingerprint density at radius 1 is 1.40 bits per heavy atom. The van der Waals surface area contributed by atoms with Crippen LogP contribution in [0.3, 0.4) is 0 Å². The molecule has 0 fully saturated rings. The third-order valence-electron chi connectivity index (χ3n) is 0.771. The van der Waals surface area contributed by atoms with Crippen LogP contribution in [0.2, 0.25) is 0 Å². The minimum absolute atomic E-state index is 1.23. The second-order valence-corrected chi connectivity index (χ2v) is 4.97. The minimum atomic E-state index is 1.23. The zero-order valence-electron chi connectivity index (χ0n) is 6.89. The summed E-state index contributed by atoms with van der Waals surface area (Å²) in [4.78, 5) is 2.00. The van der Waals surface area contributed by atoms with E-state index in [1.807, 2.05) is 26.0 Å². The van der Waals surface area contributed by atoms with Gasteiger partial charge in [-0.3, -0.25) is 0 Å². The first-order valence-corrected chi connectivity index (χ1v) is 5.11. The van der Waals surface area contributed by atoms with Crippen LogP contribution in [-0.2, 0) is 24.4 Å². The summed E-state index contributed by atoms with van der Waals surface area (Å²) < 4.78 is 1.61. The van der Waals surface area contributed by atoms with E-state index in [0.29, 0.717) is 0 Å². The molecule has 0 aromatic heterocycles. The van der Waals surface area contributed by atoms with E-state index in [1.165, 1.54) is 30.8 Å². The molecule has 1 aliphatic rings. The zero-order valence-corrected chi connectivity index (χ0v) is 10.5. The predicted molar refractivity (Wildman–Crippen MR) is 41.5 cm³/mol. The predicted octanol–water partition coefficient (Wildman–Crippen LogP) is 1.55. The number of allylic oxidation sites excluding steroid dienone is 4. The Morgan fingerprint density at radius 3 is 2.00 bits per heavy atom. The fraction of sp³-hybridized carbons (Fsp3) is 0.500. The van der Waals surface area contributed by atoms with Crippen LogP contribution in [0.4, 0.5) is 0 Å². The molecule has 1 rings (SSSR count). The van der Waals surface area contributed by atoms with Gasteiger partial charge in [-0.25, -0.2) is 0 Å². The summed E-state index contributed by atoms with van der Waals surface area (Å²) in [6, 6.07) is 0. The first-order chi connectivity index (χ1) is 4.63. The number of rotatable bonds is 0. The van der Waals surface area contributed by atoms with Gasteiger partial charge in [0.25, 0.3) is 0 Å². The topological polar surface area (TPSA) is 3.24 Å². The summed E-state index contributed by atoms with van der Waals surface area (Å²) in [5.74, 6) is 0. The van der Waals surface area contributed by atoms with E-state index in [0.717, 1.165) is 0 Å². The van der Waals surface area contributed by atoms with E-state index < -0.39 is 0 Å². The van der Waals surface area contributed by atoms with E-state index in [-0.39, 0.29) is 0 Å². The van der Waals surface area contributed by atoms with Gasteiger partial charge in [0.15, 0.2) is 0 Å². The molecule has 10 heavy (non-hydrogen) atoms. The molecule has 0 radical (unpaired) electrons. The molecule has 0 spiro atoms. The van der Waals surface area contributed by atoms with Crippen LogP contribution in [0.5, 0.6) is 0 Å². The summed E-state index contributed by atoms with van der Waals surface area (Å²) in [7, 11) is 6.00. The van der Waals surface area contributed by atoms with Crippen molar-refractivity contribution in [2.24, 2.45) is 0 Å². The third-order valence-corrected chi connectivity index (χ3v) is 2.10. The van der Waals surface area contributed by atoms with Crippen LogP contribution in [0.15, 0.2) is 21.6 Å². The molecule has 0 N–H and O–H groups in total. The van der Waals surface area contributed by atoms with E-state index in [2.05, 4.69) is 18.2 Å². The molecule has 1 aliphatic carbocycles. The van der Waals surface area contributed by atoms with Crippen molar-refractivity contribution in [3.05, 3.63) is 21.6 Å². The van der Waals surface area contributed by atoms with E-state index >= 15 is 0 Å². The molecule has 0 atom stereocenters. The molecular weight excluding hydrogens is 289 g/mol. The van der Waals surface area contributed by atoms with Crippen molar-refractivity contribution in [3.8, 4) is 0 Å². The van der Waals surface area contributed by atoms with Crippen molar-refractivity contribution < 1.29 is 24.4 Å². The van der Waals surface area contributed by atoms with Crippen molar-refractivity contribution in [1.29, 1.82) is 0 Å². The molecular formula is C8H14HfN. The van der Waals surface area contributed by atoms with Crippen molar-refractivity contribution in [2.75, 3.05) is 21.1 Å². The zero-order chi connectivity index (χ0) is 7.98. The van der Waals surface area contributed by atoms with Crippen molar-refractivity contribution >= 4 is 0 Å². The van der Waals surface area contributed by atoms with Gasteiger partial charge in [0.05, 0.1) is 0 Å². The first-order valence-electron chi connectivity index (χ1n) is 3.31. The molecule has 0 aromatic rings. The van der Waals surface area contributed by atoms with Gasteiger partial charge in [-0.15, -0.1) is 0 Å². The summed E-state index contributed by atoms with van der Waals surface area (Å²) in [5.41, 5.74) is 0. The Balaban J connectivity index is 0.000000180. The maximum atomic E-state index is 2.20. The average Bonchev–Trinajstić information content (AvgIpc) is 2.15. The summed E-state index contributed by atoms with van der Waals surface area (Å²) in [6.45, 7) is 0. The Bertz CT molecular complexity index is 133. The van der Waals surface area contributed by atoms with E-state index in [1.54, 1.807) is 3.33 Å². The molecule has 0 saturated carbocycles.